The summed E-state index contributed by atoms with van der Waals surface area (Å²) in [5.41, 5.74) is 0.179. The predicted octanol–water partition coefficient (Wildman–Crippen LogP) is 2.01. The molecule has 2 aromatic rings. The van der Waals surface area contributed by atoms with E-state index >= 15 is 0 Å². The largest absolute Gasteiger partial charge is 0.497 e. The van der Waals surface area contributed by atoms with Crippen molar-refractivity contribution < 1.29 is 28.9 Å². The predicted molar refractivity (Wildman–Crippen MR) is 96.0 cm³/mol. The van der Waals surface area contributed by atoms with Crippen molar-refractivity contribution in [1.82, 2.24) is 4.98 Å². The number of aliphatic hydroxyl groups is 1. The van der Waals surface area contributed by atoms with Gasteiger partial charge in [-0.25, -0.2) is 9.59 Å². The van der Waals surface area contributed by atoms with E-state index in [-0.39, 0.29) is 13.0 Å². The maximum absolute atomic E-state index is 12.2. The second-order valence-electron chi connectivity index (χ2n) is 6.17. The Balaban J connectivity index is 1.68. The van der Waals surface area contributed by atoms with Gasteiger partial charge in [0.2, 0.25) is 0 Å². The van der Waals surface area contributed by atoms with Gasteiger partial charge in [-0.15, -0.1) is 0 Å². The van der Waals surface area contributed by atoms with Gasteiger partial charge in [0, 0.05) is 24.4 Å². The summed E-state index contributed by atoms with van der Waals surface area (Å²) in [4.78, 5) is 28.4. The summed E-state index contributed by atoms with van der Waals surface area (Å²) < 4.78 is 15.6. The molecule has 0 saturated carbocycles. The molecule has 1 aliphatic heterocycles. The Morgan fingerprint density at radius 1 is 1.33 bits per heavy atom. The Kier molecular flexibility index (Phi) is 5.52. The fourth-order valence-electron chi connectivity index (χ4n) is 2.71. The van der Waals surface area contributed by atoms with Gasteiger partial charge in [0.05, 0.1) is 19.3 Å². The Labute approximate surface area is 156 Å². The first-order valence-corrected chi connectivity index (χ1v) is 8.31. The van der Waals surface area contributed by atoms with E-state index in [1.807, 2.05) is 0 Å². The molecule has 1 unspecified atom stereocenters. The molecular weight excluding hydrogens is 350 g/mol. The van der Waals surface area contributed by atoms with Crippen LogP contribution in [0.25, 0.3) is 6.08 Å². The van der Waals surface area contributed by atoms with Crippen LogP contribution in [0.5, 0.6) is 5.75 Å². The van der Waals surface area contributed by atoms with E-state index in [9.17, 15) is 14.7 Å². The van der Waals surface area contributed by atoms with Gasteiger partial charge in [-0.1, -0.05) is 6.07 Å². The van der Waals surface area contributed by atoms with Crippen LogP contribution in [0.15, 0.2) is 54.4 Å². The van der Waals surface area contributed by atoms with Crippen molar-refractivity contribution >= 4 is 18.0 Å². The van der Waals surface area contributed by atoms with Crippen molar-refractivity contribution in [2.24, 2.45) is 0 Å². The third-order valence-electron chi connectivity index (χ3n) is 4.19. The summed E-state index contributed by atoms with van der Waals surface area (Å²) in [5.74, 6) is -0.507. The highest BCUT2D eigenvalue weighted by molar-refractivity contribution is 5.96. The van der Waals surface area contributed by atoms with E-state index < -0.39 is 24.1 Å². The lowest BCUT2D eigenvalue weighted by Crippen LogP contribution is -2.39. The van der Waals surface area contributed by atoms with Gasteiger partial charge in [0.15, 0.2) is 5.60 Å². The molecule has 1 fully saturated rings. The van der Waals surface area contributed by atoms with E-state index in [1.54, 1.807) is 54.9 Å². The van der Waals surface area contributed by atoms with E-state index in [2.05, 4.69) is 4.98 Å². The van der Waals surface area contributed by atoms with Crippen LogP contribution in [0.1, 0.15) is 22.3 Å². The quantitative estimate of drug-likeness (QED) is 0.615. The molecule has 1 aliphatic rings. The van der Waals surface area contributed by atoms with Gasteiger partial charge in [0.1, 0.15) is 12.4 Å². The maximum atomic E-state index is 12.2. The van der Waals surface area contributed by atoms with Crippen molar-refractivity contribution in [3.8, 4) is 5.75 Å². The number of carbonyl (C=O) groups excluding carboxylic acids is 2. The van der Waals surface area contributed by atoms with Crippen LogP contribution in [0.3, 0.4) is 0 Å². The number of esters is 2. The molecule has 2 heterocycles. The Hall–Kier alpha value is -3.19. The number of aliphatic hydroxyl groups excluding tert-OH is 1. The summed E-state index contributed by atoms with van der Waals surface area (Å²) in [6, 6.07) is 9.98. The normalized spacial score (nSPS) is 20.4. The standard InChI is InChI=1S/C20H19NO6/c1-25-17-6-4-15(5-7-17)18(23)26-13-20(12-22)10-16(19(24)27-20)9-14-3-2-8-21-11-14/h2-9,11,22H,10,12-13H2,1H3/b16-9-. The second kappa shape index (κ2) is 8.01. The number of ether oxygens (including phenoxy) is 3. The molecule has 1 aromatic carbocycles. The number of pyridine rings is 1. The summed E-state index contributed by atoms with van der Waals surface area (Å²) in [7, 11) is 1.53. The third-order valence-corrected chi connectivity index (χ3v) is 4.19. The van der Waals surface area contributed by atoms with Crippen molar-refractivity contribution in [2.75, 3.05) is 20.3 Å². The number of rotatable bonds is 6. The molecule has 27 heavy (non-hydrogen) atoms. The number of hydrogen-bond donors (Lipinski definition) is 1. The van der Waals surface area contributed by atoms with Crippen molar-refractivity contribution in [3.63, 3.8) is 0 Å². The molecule has 1 aromatic heterocycles. The van der Waals surface area contributed by atoms with Crippen LogP contribution in [0.2, 0.25) is 0 Å². The number of benzene rings is 1. The van der Waals surface area contributed by atoms with Crippen LogP contribution in [-0.2, 0) is 14.3 Å². The van der Waals surface area contributed by atoms with Gasteiger partial charge in [-0.2, -0.15) is 0 Å². The molecule has 1 saturated heterocycles. The molecule has 140 valence electrons. The minimum atomic E-state index is -1.28. The van der Waals surface area contributed by atoms with Crippen LogP contribution < -0.4 is 4.74 Å². The maximum Gasteiger partial charge on any atom is 0.338 e. The van der Waals surface area contributed by atoms with Crippen molar-refractivity contribution in [3.05, 3.63) is 65.5 Å². The fourth-order valence-corrected chi connectivity index (χ4v) is 2.71. The minimum absolute atomic E-state index is 0.132. The molecule has 0 spiro atoms. The van der Waals surface area contributed by atoms with E-state index in [4.69, 9.17) is 14.2 Å². The molecule has 7 nitrogen and oxygen atoms in total. The lowest BCUT2D eigenvalue weighted by Gasteiger charge is -2.24. The van der Waals surface area contributed by atoms with Gasteiger partial charge >= 0.3 is 11.9 Å². The molecule has 0 bridgehead atoms. The summed E-state index contributed by atoms with van der Waals surface area (Å²) in [6.07, 6.45) is 5.03. The molecule has 0 radical (unpaired) electrons. The highest BCUT2D eigenvalue weighted by Gasteiger charge is 2.44. The zero-order chi connectivity index (χ0) is 19.3. The molecule has 0 amide bonds. The van der Waals surface area contributed by atoms with Crippen LogP contribution in [-0.4, -0.2) is 48.0 Å². The molecule has 3 rings (SSSR count). The Morgan fingerprint density at radius 2 is 2.11 bits per heavy atom. The monoisotopic (exact) mass is 369 g/mol. The summed E-state index contributed by atoms with van der Waals surface area (Å²) in [6.45, 7) is -0.705. The highest BCUT2D eigenvalue weighted by atomic mass is 16.6. The SMILES string of the molecule is COc1ccc(C(=O)OCC2(CO)C/C(=C/c3cccnc3)C(=O)O2)cc1. The average molecular weight is 369 g/mol. The fraction of sp³-hybridized carbons (Fsp3) is 0.250. The number of aromatic nitrogens is 1. The molecule has 7 heteroatoms. The lowest BCUT2D eigenvalue weighted by atomic mass is 9.98. The number of cyclic esters (lactones) is 1. The molecule has 1 atom stereocenters. The van der Waals surface area contributed by atoms with Gasteiger partial charge in [-0.05, 0) is 42.0 Å². The Morgan fingerprint density at radius 3 is 2.74 bits per heavy atom. The van der Waals surface area contributed by atoms with Gasteiger partial charge < -0.3 is 19.3 Å². The van der Waals surface area contributed by atoms with E-state index in [0.717, 1.165) is 5.56 Å². The molecule has 1 N–H and O–H groups in total. The number of nitrogens with zero attached hydrogens (tertiary/aromatic N) is 1. The van der Waals surface area contributed by atoms with Crippen LogP contribution in [0, 0.1) is 0 Å². The van der Waals surface area contributed by atoms with Crippen LogP contribution in [0.4, 0.5) is 0 Å². The number of carbonyl (C=O) groups is 2. The highest BCUT2D eigenvalue weighted by Crippen LogP contribution is 2.32. The van der Waals surface area contributed by atoms with Crippen molar-refractivity contribution in [1.29, 1.82) is 0 Å². The van der Waals surface area contributed by atoms with E-state index in [0.29, 0.717) is 16.9 Å². The zero-order valence-corrected chi connectivity index (χ0v) is 14.8. The first kappa shape index (κ1) is 18.6. The van der Waals surface area contributed by atoms with Gasteiger partial charge in [-0.3, -0.25) is 4.98 Å². The third kappa shape index (κ3) is 4.32. The number of hydrogen-bond acceptors (Lipinski definition) is 7. The molecular formula is C20H19NO6. The molecule has 0 aliphatic carbocycles. The summed E-state index contributed by atoms with van der Waals surface area (Å²) >= 11 is 0. The van der Waals surface area contributed by atoms with Crippen molar-refractivity contribution in [2.45, 2.75) is 12.0 Å². The first-order chi connectivity index (χ1) is 13.0. The van der Waals surface area contributed by atoms with E-state index in [1.165, 1.54) is 7.11 Å². The number of methoxy groups -OCH3 is 1. The summed E-state index contributed by atoms with van der Waals surface area (Å²) in [5, 5.41) is 9.75. The lowest BCUT2D eigenvalue weighted by molar-refractivity contribution is -0.154. The minimum Gasteiger partial charge on any atom is -0.497 e. The smallest absolute Gasteiger partial charge is 0.338 e. The second-order valence-corrected chi connectivity index (χ2v) is 6.17. The first-order valence-electron chi connectivity index (χ1n) is 8.31. The zero-order valence-electron chi connectivity index (χ0n) is 14.8. The van der Waals surface area contributed by atoms with Gasteiger partial charge in [0.25, 0.3) is 0 Å². The average Bonchev–Trinajstić information content (AvgIpc) is 3.03. The Bertz CT molecular complexity index is 847. The van der Waals surface area contributed by atoms with Crippen LogP contribution >= 0.6 is 0 Å². The topological polar surface area (TPSA) is 95.0 Å².